The second-order valence-corrected chi connectivity index (χ2v) is 6.02. The number of ketones is 1. The molecule has 2 heterocycles. The van der Waals surface area contributed by atoms with E-state index in [2.05, 4.69) is 15.6 Å². The Kier molecular flexibility index (Phi) is 4.55. The van der Waals surface area contributed by atoms with Crippen LogP contribution in [0.1, 0.15) is 35.6 Å². The summed E-state index contributed by atoms with van der Waals surface area (Å²) in [5.41, 5.74) is 0.309. The number of carbonyl (C=O) groups excluding carboxylic acids is 4. The van der Waals surface area contributed by atoms with Crippen molar-refractivity contribution in [3.05, 3.63) is 10.6 Å². The molecule has 0 bridgehead atoms. The van der Waals surface area contributed by atoms with Crippen molar-refractivity contribution < 1.29 is 19.2 Å². The summed E-state index contributed by atoms with van der Waals surface area (Å²) in [6.07, 6.45) is 0.287. The van der Waals surface area contributed by atoms with Crippen molar-refractivity contribution in [2.24, 2.45) is 0 Å². The highest BCUT2D eigenvalue weighted by atomic mass is 32.1. The summed E-state index contributed by atoms with van der Waals surface area (Å²) in [6, 6.07) is -1.48. The zero-order valence-corrected chi connectivity index (χ0v) is 13.2. The summed E-state index contributed by atoms with van der Waals surface area (Å²) in [6.45, 7) is 4.74. The van der Waals surface area contributed by atoms with Gasteiger partial charge in [-0.1, -0.05) is 6.92 Å². The van der Waals surface area contributed by atoms with Crippen LogP contribution >= 0.6 is 11.3 Å². The van der Waals surface area contributed by atoms with Crippen molar-refractivity contribution >= 4 is 40.1 Å². The van der Waals surface area contributed by atoms with E-state index in [1.54, 1.807) is 13.8 Å². The molecule has 0 radical (unpaired) electrons. The predicted octanol–water partition coefficient (Wildman–Crippen LogP) is 0.923. The van der Waals surface area contributed by atoms with E-state index in [-0.39, 0.29) is 23.9 Å². The van der Waals surface area contributed by atoms with E-state index >= 15 is 0 Å². The number of urea groups is 1. The number of rotatable bonds is 5. The van der Waals surface area contributed by atoms with Crippen LogP contribution in [-0.2, 0) is 9.59 Å². The molecule has 9 heteroatoms. The highest BCUT2D eigenvalue weighted by molar-refractivity contribution is 7.16. The maximum Gasteiger partial charge on any atom is 0.325 e. The molecule has 1 aromatic rings. The molecule has 1 atom stereocenters. The Hall–Kier alpha value is -2.29. The Morgan fingerprint density at radius 3 is 2.59 bits per heavy atom. The van der Waals surface area contributed by atoms with Gasteiger partial charge < -0.3 is 10.6 Å². The fourth-order valence-corrected chi connectivity index (χ4v) is 3.07. The standard InChI is InChI=1S/C13H16N4O4S/c1-4-8(17-9(19)5-14-13(17)21)11(20)16-12-15-10(6(2)18)7(3)22-12/h8H,4-5H2,1-3H3,(H,14,21)(H,15,16,20). The first-order valence-corrected chi connectivity index (χ1v) is 7.56. The quantitative estimate of drug-likeness (QED) is 0.618. The topological polar surface area (TPSA) is 108 Å². The van der Waals surface area contributed by atoms with Gasteiger partial charge in [-0.05, 0) is 13.3 Å². The lowest BCUT2D eigenvalue weighted by atomic mass is 10.2. The zero-order chi connectivity index (χ0) is 16.4. The van der Waals surface area contributed by atoms with Gasteiger partial charge in [0, 0.05) is 11.8 Å². The van der Waals surface area contributed by atoms with Gasteiger partial charge in [-0.25, -0.2) is 9.78 Å². The third-order valence-corrected chi connectivity index (χ3v) is 4.13. The lowest BCUT2D eigenvalue weighted by molar-refractivity contribution is -0.132. The monoisotopic (exact) mass is 324 g/mol. The Labute approximate surface area is 130 Å². The minimum atomic E-state index is -0.903. The second-order valence-electron chi connectivity index (χ2n) is 4.82. The highest BCUT2D eigenvalue weighted by Gasteiger charge is 2.38. The van der Waals surface area contributed by atoms with E-state index in [1.165, 1.54) is 18.3 Å². The maximum atomic E-state index is 12.3. The molecule has 0 saturated carbocycles. The second kappa shape index (κ2) is 6.22. The molecule has 1 aromatic heterocycles. The van der Waals surface area contributed by atoms with E-state index in [0.29, 0.717) is 10.6 Å². The third kappa shape index (κ3) is 2.98. The molecule has 1 fully saturated rings. The average Bonchev–Trinajstić information content (AvgIpc) is 2.96. The number of anilines is 1. The van der Waals surface area contributed by atoms with Crippen LogP contribution in [0.4, 0.5) is 9.93 Å². The summed E-state index contributed by atoms with van der Waals surface area (Å²) in [5, 5.41) is 5.23. The van der Waals surface area contributed by atoms with Gasteiger partial charge >= 0.3 is 6.03 Å². The zero-order valence-electron chi connectivity index (χ0n) is 12.4. The van der Waals surface area contributed by atoms with Crippen LogP contribution < -0.4 is 10.6 Å². The Morgan fingerprint density at radius 2 is 2.14 bits per heavy atom. The fraction of sp³-hybridized carbons (Fsp3) is 0.462. The van der Waals surface area contributed by atoms with Gasteiger partial charge in [0.1, 0.15) is 11.7 Å². The normalized spacial score (nSPS) is 15.7. The van der Waals surface area contributed by atoms with Crippen LogP contribution in [-0.4, -0.2) is 46.1 Å². The lowest BCUT2D eigenvalue weighted by Crippen LogP contribution is -2.47. The summed E-state index contributed by atoms with van der Waals surface area (Å²) >= 11 is 1.18. The molecule has 4 amide bonds. The summed E-state index contributed by atoms with van der Waals surface area (Å²) in [7, 11) is 0. The van der Waals surface area contributed by atoms with Crippen LogP contribution in [0.25, 0.3) is 0 Å². The van der Waals surface area contributed by atoms with Crippen molar-refractivity contribution in [3.63, 3.8) is 0 Å². The predicted molar refractivity (Wildman–Crippen MR) is 79.8 cm³/mol. The van der Waals surface area contributed by atoms with E-state index in [4.69, 9.17) is 0 Å². The Bertz CT molecular complexity index is 638. The highest BCUT2D eigenvalue weighted by Crippen LogP contribution is 2.23. The number of aryl methyl sites for hydroxylation is 1. The number of thiazole rings is 1. The molecule has 118 valence electrons. The number of imide groups is 1. The number of hydrogen-bond donors (Lipinski definition) is 2. The SMILES string of the molecule is CCC(C(=O)Nc1nc(C(C)=O)c(C)s1)N1C(=O)CNC1=O. The van der Waals surface area contributed by atoms with Crippen molar-refractivity contribution in [1.29, 1.82) is 0 Å². The van der Waals surface area contributed by atoms with Crippen LogP contribution in [0.2, 0.25) is 0 Å². The summed E-state index contributed by atoms with van der Waals surface area (Å²) in [4.78, 5) is 52.7. The lowest BCUT2D eigenvalue weighted by Gasteiger charge is -2.22. The van der Waals surface area contributed by atoms with Gasteiger partial charge in [0.25, 0.3) is 5.91 Å². The molecule has 8 nitrogen and oxygen atoms in total. The molecule has 1 aliphatic rings. The molecule has 2 N–H and O–H groups in total. The Morgan fingerprint density at radius 1 is 1.45 bits per heavy atom. The van der Waals surface area contributed by atoms with Gasteiger partial charge in [0.15, 0.2) is 10.9 Å². The van der Waals surface area contributed by atoms with Crippen molar-refractivity contribution in [2.45, 2.75) is 33.2 Å². The third-order valence-electron chi connectivity index (χ3n) is 3.24. The molecule has 0 aromatic carbocycles. The van der Waals surface area contributed by atoms with Crippen LogP contribution in [0.3, 0.4) is 0 Å². The molecule has 1 saturated heterocycles. The van der Waals surface area contributed by atoms with E-state index in [1.807, 2.05) is 0 Å². The minimum absolute atomic E-state index is 0.104. The number of amides is 4. The van der Waals surface area contributed by atoms with Gasteiger partial charge in [-0.3, -0.25) is 19.3 Å². The van der Waals surface area contributed by atoms with Gasteiger partial charge in [0.05, 0.1) is 6.54 Å². The molecule has 1 unspecified atom stereocenters. The average molecular weight is 324 g/mol. The molecule has 2 rings (SSSR count). The van der Waals surface area contributed by atoms with Gasteiger partial charge in [-0.15, -0.1) is 11.3 Å². The fourth-order valence-electron chi connectivity index (χ4n) is 2.20. The van der Waals surface area contributed by atoms with Crippen molar-refractivity contribution in [2.75, 3.05) is 11.9 Å². The first-order chi connectivity index (χ1) is 10.3. The first-order valence-electron chi connectivity index (χ1n) is 6.74. The summed E-state index contributed by atoms with van der Waals surface area (Å²) in [5.74, 6) is -1.13. The molecule has 22 heavy (non-hydrogen) atoms. The van der Waals surface area contributed by atoms with Crippen molar-refractivity contribution in [1.82, 2.24) is 15.2 Å². The van der Waals surface area contributed by atoms with E-state index < -0.39 is 23.9 Å². The first kappa shape index (κ1) is 16.1. The molecule has 0 spiro atoms. The summed E-state index contributed by atoms with van der Waals surface area (Å²) < 4.78 is 0. The van der Waals surface area contributed by atoms with Crippen LogP contribution in [0.5, 0.6) is 0 Å². The smallest absolute Gasteiger partial charge is 0.325 e. The van der Waals surface area contributed by atoms with E-state index in [0.717, 1.165) is 4.90 Å². The van der Waals surface area contributed by atoms with Crippen LogP contribution in [0, 0.1) is 6.92 Å². The number of nitrogens with one attached hydrogen (secondary N) is 2. The maximum absolute atomic E-state index is 12.3. The number of Topliss-reactive ketones (excluding diaryl/α,β-unsaturated/α-hetero) is 1. The van der Waals surface area contributed by atoms with Crippen LogP contribution in [0.15, 0.2) is 0 Å². The molecule has 0 aliphatic carbocycles. The molecule has 1 aliphatic heterocycles. The number of nitrogens with zero attached hydrogens (tertiary/aromatic N) is 2. The minimum Gasteiger partial charge on any atom is -0.329 e. The number of aromatic nitrogens is 1. The van der Waals surface area contributed by atoms with Gasteiger partial charge in [0.2, 0.25) is 5.91 Å². The number of carbonyl (C=O) groups is 4. The largest absolute Gasteiger partial charge is 0.329 e. The van der Waals surface area contributed by atoms with E-state index in [9.17, 15) is 19.2 Å². The molecular formula is C13H16N4O4S. The number of hydrogen-bond acceptors (Lipinski definition) is 6. The van der Waals surface area contributed by atoms with Gasteiger partial charge in [-0.2, -0.15) is 0 Å². The Balaban J connectivity index is 2.16. The van der Waals surface area contributed by atoms with Crippen molar-refractivity contribution in [3.8, 4) is 0 Å². The molecular weight excluding hydrogens is 308 g/mol.